The number of anilines is 1. The first-order valence-corrected chi connectivity index (χ1v) is 13.2. The van der Waals surface area contributed by atoms with Gasteiger partial charge in [-0.15, -0.1) is 0 Å². The minimum atomic E-state index is -3.37. The zero-order valence-corrected chi connectivity index (χ0v) is 19.6. The van der Waals surface area contributed by atoms with Gasteiger partial charge >= 0.3 is 0 Å². The largest absolute Gasteiger partial charge is 0.338 e. The Kier molecular flexibility index (Phi) is 5.92. The van der Waals surface area contributed by atoms with E-state index >= 15 is 0 Å². The smallest absolute Gasteiger partial charge is 0.255 e. The highest BCUT2D eigenvalue weighted by Gasteiger charge is 2.43. The molecule has 0 spiro atoms. The molecule has 0 aromatic carbocycles. The minimum absolute atomic E-state index is 0.0000845. The minimum Gasteiger partial charge on any atom is -0.338 e. The summed E-state index contributed by atoms with van der Waals surface area (Å²) in [5, 5.41) is 0. The molecule has 1 fully saturated rings. The van der Waals surface area contributed by atoms with Crippen molar-refractivity contribution in [2.75, 3.05) is 30.3 Å². The highest BCUT2D eigenvalue weighted by atomic mass is 32.2. The second-order valence-electron chi connectivity index (χ2n) is 8.97. The lowest BCUT2D eigenvalue weighted by molar-refractivity contribution is 0.425. The summed E-state index contributed by atoms with van der Waals surface area (Å²) >= 11 is 0. The Bertz CT molecular complexity index is 1240. The normalized spacial score (nSPS) is 25.0. The average Bonchev–Trinajstić information content (AvgIpc) is 3.18. The maximum atomic E-state index is 13.2. The molecule has 33 heavy (non-hydrogen) atoms. The standard InChI is InChI=1S/C24H29N5O3S/c1-2-28-22-16-27(33(31,32)17-18-6-4-3-5-7-18)15-20(22)10-13-29-23(30)14-21(26-24(28)29)19-8-11-25-12-9-19/h3-6,8-9,11-12,14,18,20,22H,2,7,10,13,15-17H2,1H3. The Labute approximate surface area is 194 Å². The SMILES string of the molecule is CCN1c2nc(-c3ccncc3)cc(=O)n2CCC2CN(S(=O)(=O)CC3C=CC=CC3)CC21. The molecule has 5 rings (SSSR count). The number of nitrogens with zero attached hydrogens (tertiary/aromatic N) is 5. The van der Waals surface area contributed by atoms with Crippen LogP contribution < -0.4 is 10.5 Å². The molecular weight excluding hydrogens is 438 g/mol. The van der Waals surface area contributed by atoms with E-state index in [0.29, 0.717) is 37.8 Å². The van der Waals surface area contributed by atoms with Gasteiger partial charge in [0.1, 0.15) is 0 Å². The molecule has 4 heterocycles. The number of sulfonamides is 1. The zero-order valence-electron chi connectivity index (χ0n) is 18.7. The van der Waals surface area contributed by atoms with Crippen LogP contribution in [0.2, 0.25) is 0 Å². The van der Waals surface area contributed by atoms with Crippen molar-refractivity contribution in [2.24, 2.45) is 11.8 Å². The van der Waals surface area contributed by atoms with E-state index in [1.54, 1.807) is 27.3 Å². The molecule has 3 aliphatic rings. The van der Waals surface area contributed by atoms with Crippen molar-refractivity contribution in [3.05, 3.63) is 65.3 Å². The molecule has 2 aromatic heterocycles. The van der Waals surface area contributed by atoms with Gasteiger partial charge in [0.05, 0.1) is 11.4 Å². The Hall–Kier alpha value is -2.78. The second-order valence-corrected chi connectivity index (χ2v) is 11.0. The van der Waals surface area contributed by atoms with Crippen LogP contribution in [0.4, 0.5) is 5.95 Å². The number of rotatable bonds is 5. The van der Waals surface area contributed by atoms with Gasteiger partial charge < -0.3 is 4.90 Å². The molecule has 2 aliphatic heterocycles. The molecule has 9 heteroatoms. The van der Waals surface area contributed by atoms with Gasteiger partial charge in [-0.2, -0.15) is 4.31 Å². The highest BCUT2D eigenvalue weighted by Crippen LogP contribution is 2.34. The van der Waals surface area contributed by atoms with E-state index < -0.39 is 10.0 Å². The van der Waals surface area contributed by atoms with E-state index in [1.807, 2.05) is 43.4 Å². The molecule has 0 N–H and O–H groups in total. The monoisotopic (exact) mass is 467 g/mol. The van der Waals surface area contributed by atoms with Crippen molar-refractivity contribution in [1.82, 2.24) is 18.8 Å². The van der Waals surface area contributed by atoms with Gasteiger partial charge in [-0.1, -0.05) is 24.3 Å². The molecular formula is C24H29N5O3S. The fraction of sp³-hybridized carbons (Fsp3) is 0.458. The summed E-state index contributed by atoms with van der Waals surface area (Å²) in [7, 11) is -3.37. The summed E-state index contributed by atoms with van der Waals surface area (Å²) in [6.07, 6.45) is 12.8. The number of pyridine rings is 1. The van der Waals surface area contributed by atoms with E-state index in [9.17, 15) is 13.2 Å². The van der Waals surface area contributed by atoms with E-state index in [-0.39, 0.29) is 29.2 Å². The quantitative estimate of drug-likeness (QED) is 0.671. The van der Waals surface area contributed by atoms with Gasteiger partial charge in [-0.3, -0.25) is 14.3 Å². The molecule has 174 valence electrons. The van der Waals surface area contributed by atoms with Crippen LogP contribution in [0.15, 0.2) is 59.7 Å². The summed E-state index contributed by atoms with van der Waals surface area (Å²) in [6.45, 7) is 4.16. The summed E-state index contributed by atoms with van der Waals surface area (Å²) in [5.74, 6) is 0.951. The summed E-state index contributed by atoms with van der Waals surface area (Å²) < 4.78 is 29.9. The van der Waals surface area contributed by atoms with Crippen molar-refractivity contribution in [3.8, 4) is 11.3 Å². The molecule has 0 saturated carbocycles. The van der Waals surface area contributed by atoms with Crippen molar-refractivity contribution in [2.45, 2.75) is 32.4 Å². The van der Waals surface area contributed by atoms with E-state index in [2.05, 4.69) is 9.88 Å². The molecule has 8 nitrogen and oxygen atoms in total. The van der Waals surface area contributed by atoms with Crippen molar-refractivity contribution < 1.29 is 8.42 Å². The third-order valence-corrected chi connectivity index (χ3v) is 8.88. The van der Waals surface area contributed by atoms with Crippen LogP contribution in [-0.2, 0) is 16.6 Å². The van der Waals surface area contributed by atoms with Crippen LogP contribution >= 0.6 is 0 Å². The Balaban J connectivity index is 1.44. The zero-order chi connectivity index (χ0) is 23.0. The Morgan fingerprint density at radius 2 is 1.97 bits per heavy atom. The Morgan fingerprint density at radius 1 is 1.15 bits per heavy atom. The number of fused-ring (bicyclic) bond motifs is 2. The van der Waals surface area contributed by atoms with E-state index in [4.69, 9.17) is 4.98 Å². The maximum Gasteiger partial charge on any atom is 0.255 e. The van der Waals surface area contributed by atoms with Crippen LogP contribution in [0.5, 0.6) is 0 Å². The van der Waals surface area contributed by atoms with Crippen LogP contribution in [0.25, 0.3) is 11.3 Å². The van der Waals surface area contributed by atoms with Gasteiger partial charge in [-0.25, -0.2) is 13.4 Å². The van der Waals surface area contributed by atoms with Crippen molar-refractivity contribution in [1.29, 1.82) is 0 Å². The molecule has 0 amide bonds. The van der Waals surface area contributed by atoms with Crippen molar-refractivity contribution >= 4 is 16.0 Å². The first-order chi connectivity index (χ1) is 16.0. The van der Waals surface area contributed by atoms with Crippen LogP contribution in [0.3, 0.4) is 0 Å². The lowest BCUT2D eigenvalue weighted by Gasteiger charge is -2.31. The lowest BCUT2D eigenvalue weighted by Crippen LogP contribution is -2.43. The number of allylic oxidation sites excluding steroid dienone is 4. The third kappa shape index (κ3) is 4.27. The number of hydrogen-bond acceptors (Lipinski definition) is 6. The van der Waals surface area contributed by atoms with Gasteiger partial charge in [0, 0.05) is 56.2 Å². The highest BCUT2D eigenvalue weighted by molar-refractivity contribution is 7.89. The van der Waals surface area contributed by atoms with Crippen LogP contribution in [0, 0.1) is 11.8 Å². The number of hydrogen-bond donors (Lipinski definition) is 0. The average molecular weight is 468 g/mol. The van der Waals surface area contributed by atoms with Crippen LogP contribution in [-0.4, -0.2) is 58.7 Å². The summed E-state index contributed by atoms with van der Waals surface area (Å²) in [4.78, 5) is 24.1. The molecule has 0 bridgehead atoms. The molecule has 3 atom stereocenters. The third-order valence-electron chi connectivity index (χ3n) is 6.95. The molecule has 1 aliphatic carbocycles. The first-order valence-electron chi connectivity index (χ1n) is 11.6. The fourth-order valence-electron chi connectivity index (χ4n) is 5.22. The topological polar surface area (TPSA) is 88.4 Å². The number of aromatic nitrogens is 3. The molecule has 0 radical (unpaired) electrons. The van der Waals surface area contributed by atoms with Gasteiger partial charge in [0.2, 0.25) is 16.0 Å². The first kappa shape index (κ1) is 22.0. The van der Waals surface area contributed by atoms with Gasteiger partial charge in [0.15, 0.2) is 0 Å². The van der Waals surface area contributed by atoms with Crippen molar-refractivity contribution in [3.63, 3.8) is 0 Å². The maximum absolute atomic E-state index is 13.2. The summed E-state index contributed by atoms with van der Waals surface area (Å²) in [6, 6.07) is 5.26. The second kappa shape index (κ2) is 8.87. The predicted molar refractivity (Wildman–Crippen MR) is 128 cm³/mol. The van der Waals surface area contributed by atoms with Crippen LogP contribution in [0.1, 0.15) is 19.8 Å². The van der Waals surface area contributed by atoms with E-state index in [1.165, 1.54) is 0 Å². The molecule has 2 aromatic rings. The van der Waals surface area contributed by atoms with Gasteiger partial charge in [-0.05, 0) is 43.7 Å². The summed E-state index contributed by atoms with van der Waals surface area (Å²) in [5.41, 5.74) is 1.38. The number of likely N-dealkylation sites (N-methyl/N-ethyl adjacent to an activating group) is 1. The predicted octanol–water partition coefficient (Wildman–Crippen LogP) is 2.30. The van der Waals surface area contributed by atoms with E-state index in [0.717, 1.165) is 18.4 Å². The van der Waals surface area contributed by atoms with Gasteiger partial charge in [0.25, 0.3) is 5.56 Å². The Morgan fingerprint density at radius 3 is 2.70 bits per heavy atom. The lowest BCUT2D eigenvalue weighted by atomic mass is 9.99. The molecule has 1 saturated heterocycles. The fourth-order valence-corrected chi connectivity index (χ4v) is 7.02. The molecule has 3 unspecified atom stereocenters.